The van der Waals surface area contributed by atoms with E-state index in [2.05, 4.69) is 64.1 Å². The van der Waals surface area contributed by atoms with Crippen LogP contribution in [-0.2, 0) is 0 Å². The summed E-state index contributed by atoms with van der Waals surface area (Å²) in [5, 5.41) is 0. The number of hydrogen-bond acceptors (Lipinski definition) is 0. The van der Waals surface area contributed by atoms with Gasteiger partial charge in [-0.2, -0.15) is 0 Å². The maximum absolute atomic E-state index is 3.73. The summed E-state index contributed by atoms with van der Waals surface area (Å²) in [5.41, 5.74) is 0. The average Bonchev–Trinajstić information content (AvgIpc) is 3.09. The number of allylic oxidation sites excluding steroid dienone is 6. The van der Waals surface area contributed by atoms with Crippen molar-refractivity contribution in [2.45, 2.75) is 205 Å². The van der Waals surface area contributed by atoms with Gasteiger partial charge in [0.1, 0.15) is 0 Å². The quantitative estimate of drug-likeness (QED) is 0.0334. The summed E-state index contributed by atoms with van der Waals surface area (Å²) in [6.45, 7) is 18.0. The van der Waals surface area contributed by atoms with E-state index in [4.69, 9.17) is 0 Å². The minimum absolute atomic E-state index is 0.654. The summed E-state index contributed by atoms with van der Waals surface area (Å²) in [5.74, 6) is 0. The lowest BCUT2D eigenvalue weighted by Crippen LogP contribution is -2.02. The lowest BCUT2D eigenvalue weighted by molar-refractivity contribution is 0.545. The second-order valence-electron chi connectivity index (χ2n) is 17.3. The second-order valence-corrected chi connectivity index (χ2v) is 26.8. The van der Waals surface area contributed by atoms with Gasteiger partial charge >= 0.3 is 0 Å². The van der Waals surface area contributed by atoms with Gasteiger partial charge < -0.3 is 0 Å². The normalized spacial score (nSPS) is 12.5. The summed E-state index contributed by atoms with van der Waals surface area (Å²) in [6.07, 6.45) is 64.9. The van der Waals surface area contributed by atoms with Crippen LogP contribution in [0.15, 0.2) is 49.6 Å². The van der Waals surface area contributed by atoms with Crippen LogP contribution in [0.5, 0.6) is 0 Å². The SMILES string of the molecule is C=C/C=C/CCCCCCCCCCCCCC[P+](C)(C)CCCCCCCC[P+](C)(C)CCCCCCCCCCCCCC/C=C/C=C. The number of unbranched alkanes of at least 4 members (excludes halogenated alkanes) is 29. The molecule has 0 heterocycles. The van der Waals surface area contributed by atoms with Gasteiger partial charge in [0.15, 0.2) is 0 Å². The molecule has 0 aromatic heterocycles. The highest BCUT2D eigenvalue weighted by molar-refractivity contribution is 7.74. The zero-order valence-electron chi connectivity index (χ0n) is 35.2. The first kappa shape index (κ1) is 49.8. The molecule has 0 N–H and O–H groups in total. The third kappa shape index (κ3) is 40.6. The minimum atomic E-state index is -0.654. The molecule has 0 saturated carbocycles. The monoisotopic (exact) mass is 733 g/mol. The van der Waals surface area contributed by atoms with Gasteiger partial charge in [0, 0.05) is 41.2 Å². The van der Waals surface area contributed by atoms with E-state index in [1.54, 1.807) is 24.6 Å². The first-order chi connectivity index (χ1) is 24.3. The molecule has 0 aromatic carbocycles. The lowest BCUT2D eigenvalue weighted by atomic mass is 10.0. The molecule has 0 atom stereocenters. The van der Waals surface area contributed by atoms with Gasteiger partial charge in [0.2, 0.25) is 0 Å². The van der Waals surface area contributed by atoms with E-state index in [0.29, 0.717) is 0 Å². The Morgan fingerprint density at radius 1 is 0.280 bits per heavy atom. The van der Waals surface area contributed by atoms with Crippen molar-refractivity contribution in [3.05, 3.63) is 49.6 Å². The molecule has 0 nitrogen and oxygen atoms in total. The van der Waals surface area contributed by atoms with Crippen molar-refractivity contribution in [3.8, 4) is 0 Å². The zero-order valence-corrected chi connectivity index (χ0v) is 37.0. The molecule has 0 spiro atoms. The van der Waals surface area contributed by atoms with E-state index in [1.807, 2.05) is 12.2 Å². The van der Waals surface area contributed by atoms with Crippen LogP contribution in [0, 0.1) is 0 Å². The van der Waals surface area contributed by atoms with Gasteiger partial charge in [-0.3, -0.25) is 0 Å². The van der Waals surface area contributed by atoms with Crippen molar-refractivity contribution in [2.75, 3.05) is 51.3 Å². The largest absolute Gasteiger partial charge is 0.0991 e. The molecule has 0 fully saturated rings. The molecule has 0 aliphatic carbocycles. The Labute approximate surface area is 319 Å². The Morgan fingerprint density at radius 2 is 0.460 bits per heavy atom. The highest BCUT2D eigenvalue weighted by Crippen LogP contribution is 2.53. The molecular weight excluding hydrogens is 638 g/mol. The second kappa shape index (κ2) is 38.5. The predicted molar refractivity (Wildman–Crippen MR) is 243 cm³/mol. The van der Waals surface area contributed by atoms with Crippen LogP contribution in [0.1, 0.15) is 205 Å². The van der Waals surface area contributed by atoms with Crippen LogP contribution >= 0.6 is 14.5 Å². The molecule has 0 radical (unpaired) electrons. The highest BCUT2D eigenvalue weighted by atomic mass is 31.2. The fourth-order valence-electron chi connectivity index (χ4n) is 7.53. The van der Waals surface area contributed by atoms with Gasteiger partial charge in [-0.25, -0.2) is 0 Å². The molecule has 0 rings (SSSR count). The Hall–Kier alpha value is -0.180. The van der Waals surface area contributed by atoms with Crippen molar-refractivity contribution in [1.29, 1.82) is 0 Å². The predicted octanol–water partition coefficient (Wildman–Crippen LogP) is 17.5. The van der Waals surface area contributed by atoms with Crippen LogP contribution in [0.3, 0.4) is 0 Å². The molecule has 0 saturated heterocycles. The lowest BCUT2D eigenvalue weighted by Gasteiger charge is -2.18. The van der Waals surface area contributed by atoms with Crippen LogP contribution < -0.4 is 0 Å². The van der Waals surface area contributed by atoms with Crippen LogP contribution in [-0.4, -0.2) is 51.3 Å². The third-order valence-electron chi connectivity index (χ3n) is 11.1. The summed E-state index contributed by atoms with van der Waals surface area (Å²) < 4.78 is 0. The first-order valence-electron chi connectivity index (χ1n) is 22.5. The fraction of sp³-hybridized carbons (Fsp3) is 0.833. The maximum atomic E-state index is 3.73. The van der Waals surface area contributed by atoms with Crippen molar-refractivity contribution in [1.82, 2.24) is 0 Å². The Kier molecular flexibility index (Phi) is 38.4. The van der Waals surface area contributed by atoms with Crippen molar-refractivity contribution >= 4 is 14.5 Å². The topological polar surface area (TPSA) is 0 Å². The Bertz CT molecular complexity index is 696. The zero-order chi connectivity index (χ0) is 36.7. The number of hydrogen-bond donors (Lipinski definition) is 0. The van der Waals surface area contributed by atoms with Crippen molar-refractivity contribution in [3.63, 3.8) is 0 Å². The van der Waals surface area contributed by atoms with E-state index in [0.717, 1.165) is 0 Å². The van der Waals surface area contributed by atoms with E-state index in [1.165, 1.54) is 205 Å². The molecule has 0 unspecified atom stereocenters. The van der Waals surface area contributed by atoms with Crippen LogP contribution in [0.25, 0.3) is 0 Å². The smallest absolute Gasteiger partial charge is 0.0589 e. The Morgan fingerprint density at radius 3 is 0.660 bits per heavy atom. The Balaban J connectivity index is 3.45. The molecule has 0 aliphatic rings. The van der Waals surface area contributed by atoms with Crippen LogP contribution in [0.2, 0.25) is 0 Å². The summed E-state index contributed by atoms with van der Waals surface area (Å²) in [7, 11) is -1.31. The van der Waals surface area contributed by atoms with Gasteiger partial charge in [-0.15, -0.1) is 0 Å². The molecule has 50 heavy (non-hydrogen) atoms. The molecule has 0 amide bonds. The molecular formula is C48H94P2+2. The standard InChI is InChI=1S/C48H94P2/c1-7-9-11-13-15-17-19-21-23-25-27-29-31-33-37-41-45-49(3,4)47-43-39-35-36-40-44-48-50(5,6)46-42-38-34-32-30-28-26-24-22-20-18-16-14-12-10-8-2/h7-12H,1-2,13-48H2,3-6H3/q+2/b11-9+,12-10+. The van der Waals surface area contributed by atoms with Crippen molar-refractivity contribution < 1.29 is 0 Å². The van der Waals surface area contributed by atoms with E-state index < -0.39 is 14.5 Å². The first-order valence-corrected chi connectivity index (χ1v) is 28.6. The molecule has 2 heteroatoms. The molecule has 0 aliphatic heterocycles. The molecule has 294 valence electrons. The molecule has 0 bridgehead atoms. The van der Waals surface area contributed by atoms with E-state index in [-0.39, 0.29) is 0 Å². The summed E-state index contributed by atoms with van der Waals surface area (Å²) in [4.78, 5) is 0. The average molecular weight is 733 g/mol. The highest BCUT2D eigenvalue weighted by Gasteiger charge is 2.24. The van der Waals surface area contributed by atoms with Crippen LogP contribution in [0.4, 0.5) is 0 Å². The minimum Gasteiger partial charge on any atom is -0.0991 e. The van der Waals surface area contributed by atoms with Gasteiger partial charge in [0.25, 0.3) is 0 Å². The van der Waals surface area contributed by atoms with Gasteiger partial charge in [-0.05, 0) is 77.0 Å². The van der Waals surface area contributed by atoms with Crippen molar-refractivity contribution in [2.24, 2.45) is 0 Å². The third-order valence-corrected chi connectivity index (χ3v) is 17.2. The summed E-state index contributed by atoms with van der Waals surface area (Å²) >= 11 is 0. The van der Waals surface area contributed by atoms with Gasteiger partial charge in [0.05, 0.1) is 24.6 Å². The van der Waals surface area contributed by atoms with E-state index in [9.17, 15) is 0 Å². The summed E-state index contributed by atoms with van der Waals surface area (Å²) in [6, 6.07) is 0. The fourth-order valence-corrected chi connectivity index (χ4v) is 12.3. The maximum Gasteiger partial charge on any atom is 0.0589 e. The van der Waals surface area contributed by atoms with Gasteiger partial charge in [-0.1, -0.05) is 178 Å². The number of rotatable bonds is 41. The molecule has 0 aromatic rings. The van der Waals surface area contributed by atoms with E-state index >= 15 is 0 Å².